The average Bonchev–Trinajstić information content (AvgIpc) is 2.42. The molecule has 6 nitrogen and oxygen atoms in total. The number of Topliss-reactive ketones (excluding diaryl/α,β-unsaturated/α-hetero) is 1. The highest BCUT2D eigenvalue weighted by Gasteiger charge is 2.22. The summed E-state index contributed by atoms with van der Waals surface area (Å²) in [6.07, 6.45) is 1.87. The molecule has 0 rings (SSSR count). The van der Waals surface area contributed by atoms with Crippen molar-refractivity contribution >= 4 is 33.7 Å². The highest BCUT2D eigenvalue weighted by Crippen LogP contribution is 2.16. The van der Waals surface area contributed by atoms with Gasteiger partial charge in [-0.05, 0) is 40.5 Å². The lowest BCUT2D eigenvalue weighted by atomic mass is 9.94. The molecule has 0 aliphatic rings. The molecule has 0 saturated carbocycles. The van der Waals surface area contributed by atoms with E-state index < -0.39 is 11.7 Å². The fourth-order valence-electron chi connectivity index (χ4n) is 1.96. The average molecular weight is 393 g/mol. The minimum absolute atomic E-state index is 0.0190. The fraction of sp³-hybridized carbons (Fsp3) is 0.812. The van der Waals surface area contributed by atoms with Crippen LogP contribution < -0.4 is 10.6 Å². The first-order chi connectivity index (χ1) is 10.6. The lowest BCUT2D eigenvalue weighted by Gasteiger charge is -2.19. The summed E-state index contributed by atoms with van der Waals surface area (Å²) in [6, 6.07) is 0. The predicted molar refractivity (Wildman–Crippen MR) is 93.7 cm³/mol. The number of alkyl halides is 1. The first-order valence-electron chi connectivity index (χ1n) is 7.92. The number of unbranched alkanes of at least 4 members (excludes halogenated alkanes) is 1. The highest BCUT2D eigenvalue weighted by molar-refractivity contribution is 9.10. The van der Waals surface area contributed by atoms with Crippen LogP contribution in [0.15, 0.2) is 0 Å². The molecular formula is C16H29BrN2O4. The monoisotopic (exact) mass is 392 g/mol. The van der Waals surface area contributed by atoms with Gasteiger partial charge in [0.15, 0.2) is 0 Å². The number of carbonyl (C=O) groups excluding carboxylic acids is 3. The maximum Gasteiger partial charge on any atom is 0.407 e. The Morgan fingerprint density at radius 2 is 1.78 bits per heavy atom. The summed E-state index contributed by atoms with van der Waals surface area (Å²) in [5.74, 6) is -0.425. The number of hydrogen-bond donors (Lipinski definition) is 2. The molecule has 23 heavy (non-hydrogen) atoms. The number of hydrogen-bond acceptors (Lipinski definition) is 4. The van der Waals surface area contributed by atoms with Crippen LogP contribution in [0.25, 0.3) is 0 Å². The summed E-state index contributed by atoms with van der Waals surface area (Å²) in [6.45, 7) is 7.67. The van der Waals surface area contributed by atoms with E-state index in [2.05, 4.69) is 26.6 Å². The number of rotatable bonds is 9. The third-order valence-electron chi connectivity index (χ3n) is 3.16. The van der Waals surface area contributed by atoms with E-state index >= 15 is 0 Å². The van der Waals surface area contributed by atoms with E-state index in [4.69, 9.17) is 4.74 Å². The molecule has 134 valence electrons. The lowest BCUT2D eigenvalue weighted by molar-refractivity contribution is -0.129. The van der Waals surface area contributed by atoms with Gasteiger partial charge in [-0.2, -0.15) is 0 Å². The van der Waals surface area contributed by atoms with Crippen LogP contribution in [0.3, 0.4) is 0 Å². The molecule has 2 atom stereocenters. The molecular weight excluding hydrogens is 364 g/mol. The molecule has 7 heteroatoms. The van der Waals surface area contributed by atoms with E-state index in [9.17, 15) is 14.4 Å². The maximum atomic E-state index is 11.8. The van der Waals surface area contributed by atoms with Crippen LogP contribution in [0, 0.1) is 5.92 Å². The van der Waals surface area contributed by atoms with Crippen molar-refractivity contribution in [1.82, 2.24) is 10.6 Å². The second-order valence-corrected chi connectivity index (χ2v) is 7.90. The zero-order valence-electron chi connectivity index (χ0n) is 14.7. The second-order valence-electron chi connectivity index (χ2n) is 6.52. The Morgan fingerprint density at radius 3 is 2.26 bits per heavy atom. The van der Waals surface area contributed by atoms with Gasteiger partial charge in [0.2, 0.25) is 5.91 Å². The van der Waals surface area contributed by atoms with Crippen molar-refractivity contribution in [1.29, 1.82) is 0 Å². The van der Waals surface area contributed by atoms with Crippen molar-refractivity contribution in [3.8, 4) is 0 Å². The van der Waals surface area contributed by atoms with Gasteiger partial charge in [0, 0.05) is 25.9 Å². The smallest absolute Gasteiger partial charge is 0.407 e. The van der Waals surface area contributed by atoms with Crippen LogP contribution in [0.1, 0.15) is 53.4 Å². The molecule has 2 amide bonds. The highest BCUT2D eigenvalue weighted by atomic mass is 79.9. The van der Waals surface area contributed by atoms with Crippen molar-refractivity contribution in [2.24, 2.45) is 5.92 Å². The summed E-state index contributed by atoms with van der Waals surface area (Å²) in [5, 5.41) is 5.28. The molecule has 0 fully saturated rings. The molecule has 0 aromatic rings. The van der Waals surface area contributed by atoms with Crippen LogP contribution in [0.2, 0.25) is 0 Å². The largest absolute Gasteiger partial charge is 0.444 e. The van der Waals surface area contributed by atoms with Crippen molar-refractivity contribution in [3.05, 3.63) is 0 Å². The van der Waals surface area contributed by atoms with Gasteiger partial charge in [0.25, 0.3) is 0 Å². The quantitative estimate of drug-likeness (QED) is 0.466. The van der Waals surface area contributed by atoms with Gasteiger partial charge < -0.3 is 15.4 Å². The van der Waals surface area contributed by atoms with Crippen LogP contribution >= 0.6 is 15.9 Å². The number of nitrogens with one attached hydrogen (secondary N) is 2. The van der Waals surface area contributed by atoms with Gasteiger partial charge in [0.1, 0.15) is 11.4 Å². The Hall–Kier alpha value is -1.11. The Morgan fingerprint density at radius 1 is 1.17 bits per heavy atom. The van der Waals surface area contributed by atoms with Gasteiger partial charge in [-0.15, -0.1) is 0 Å². The number of amides is 2. The normalized spacial score (nSPS) is 13.8. The predicted octanol–water partition coefficient (Wildman–Crippen LogP) is 2.79. The number of ether oxygens (including phenoxy) is 1. The van der Waals surface area contributed by atoms with Gasteiger partial charge >= 0.3 is 6.09 Å². The molecule has 0 aliphatic carbocycles. The van der Waals surface area contributed by atoms with Gasteiger partial charge in [0.05, 0.1) is 4.83 Å². The first kappa shape index (κ1) is 21.9. The number of carbonyl (C=O) groups is 3. The first-order valence-corrected chi connectivity index (χ1v) is 8.83. The van der Waals surface area contributed by atoms with Crippen LogP contribution in [0.5, 0.6) is 0 Å². The Balaban J connectivity index is 4.11. The molecule has 0 aromatic carbocycles. The summed E-state index contributed by atoms with van der Waals surface area (Å²) < 4.78 is 5.14. The van der Waals surface area contributed by atoms with Crippen LogP contribution in [-0.4, -0.2) is 41.8 Å². The Labute approximate surface area is 147 Å². The SMILES string of the molecule is CNC(=O)[C@@H](CCCCNC(=O)OC(C)(C)C)CC(=O)[C@@H](C)Br. The summed E-state index contributed by atoms with van der Waals surface area (Å²) >= 11 is 3.23. The van der Waals surface area contributed by atoms with Crippen LogP contribution in [-0.2, 0) is 14.3 Å². The van der Waals surface area contributed by atoms with E-state index in [-0.39, 0.29) is 28.9 Å². The minimum atomic E-state index is -0.513. The van der Waals surface area contributed by atoms with Gasteiger partial charge in [-0.25, -0.2) is 4.79 Å². The Bertz CT molecular complexity index is 405. The molecule has 0 bridgehead atoms. The fourth-order valence-corrected chi connectivity index (χ4v) is 2.14. The zero-order chi connectivity index (χ0) is 18.0. The Kier molecular flexibility index (Phi) is 10.1. The number of halogens is 1. The van der Waals surface area contributed by atoms with Gasteiger partial charge in [-0.3, -0.25) is 9.59 Å². The van der Waals surface area contributed by atoms with E-state index in [0.29, 0.717) is 13.0 Å². The van der Waals surface area contributed by atoms with Crippen molar-refractivity contribution in [3.63, 3.8) is 0 Å². The third-order valence-corrected chi connectivity index (χ3v) is 3.67. The van der Waals surface area contributed by atoms with Gasteiger partial charge in [-0.1, -0.05) is 22.4 Å². The summed E-state index contributed by atoms with van der Waals surface area (Å²) in [5.41, 5.74) is -0.513. The summed E-state index contributed by atoms with van der Waals surface area (Å²) in [4.78, 5) is 34.9. The molecule has 0 heterocycles. The maximum absolute atomic E-state index is 11.8. The zero-order valence-corrected chi connectivity index (χ0v) is 16.3. The molecule has 0 spiro atoms. The molecule has 0 unspecified atom stereocenters. The van der Waals surface area contributed by atoms with Crippen molar-refractivity contribution < 1.29 is 19.1 Å². The minimum Gasteiger partial charge on any atom is -0.444 e. The molecule has 0 radical (unpaired) electrons. The lowest BCUT2D eigenvalue weighted by Crippen LogP contribution is -2.33. The van der Waals surface area contributed by atoms with E-state index in [1.54, 1.807) is 14.0 Å². The second kappa shape index (κ2) is 10.6. The number of alkyl carbamates (subject to hydrolysis) is 1. The molecule has 0 aromatic heterocycles. The van der Waals surface area contributed by atoms with Crippen LogP contribution in [0.4, 0.5) is 4.79 Å². The van der Waals surface area contributed by atoms with E-state index in [1.165, 1.54) is 0 Å². The van der Waals surface area contributed by atoms with Crippen molar-refractivity contribution in [2.75, 3.05) is 13.6 Å². The summed E-state index contributed by atoms with van der Waals surface area (Å²) in [7, 11) is 1.57. The molecule has 0 saturated heterocycles. The topological polar surface area (TPSA) is 84.5 Å². The van der Waals surface area contributed by atoms with Crippen molar-refractivity contribution in [2.45, 2.75) is 63.8 Å². The van der Waals surface area contributed by atoms with E-state index in [1.807, 2.05) is 20.8 Å². The number of ketones is 1. The standard InChI is InChI=1S/C16H29BrN2O4/c1-11(17)13(20)10-12(14(21)18-5)8-6-7-9-19-15(22)23-16(2,3)4/h11-12H,6-10H2,1-5H3,(H,18,21)(H,19,22)/t11-,12+/m1/s1. The molecule has 2 N–H and O–H groups in total. The third kappa shape index (κ3) is 11.1. The molecule has 0 aliphatic heterocycles. The van der Waals surface area contributed by atoms with E-state index in [0.717, 1.165) is 12.8 Å².